The van der Waals surface area contributed by atoms with Crippen LogP contribution in [0.25, 0.3) is 0 Å². The molecule has 2 rings (SSSR count). The molecule has 2 atom stereocenters. The molecule has 1 aliphatic heterocycles. The molecule has 8 heteroatoms. The Bertz CT molecular complexity index is 646. The maximum Gasteiger partial charge on any atom is 0.416 e. The first-order valence-electron chi connectivity index (χ1n) is 7.64. The molecule has 2 unspecified atom stereocenters. The van der Waals surface area contributed by atoms with Gasteiger partial charge in [-0.3, -0.25) is 9.59 Å². The first-order valence-corrected chi connectivity index (χ1v) is 7.64. The van der Waals surface area contributed by atoms with Crippen molar-refractivity contribution >= 4 is 17.5 Å². The van der Waals surface area contributed by atoms with Crippen molar-refractivity contribution in [1.29, 1.82) is 0 Å². The van der Waals surface area contributed by atoms with E-state index < -0.39 is 23.6 Å². The van der Waals surface area contributed by atoms with Crippen LogP contribution in [0.5, 0.6) is 0 Å². The van der Waals surface area contributed by atoms with Crippen molar-refractivity contribution < 1.29 is 22.8 Å². The number of piperazine rings is 1. The summed E-state index contributed by atoms with van der Waals surface area (Å²) in [5, 5.41) is 5.52. The second-order valence-electron chi connectivity index (χ2n) is 5.96. The molecule has 0 aliphatic carbocycles. The summed E-state index contributed by atoms with van der Waals surface area (Å²) in [6, 6.07) is 2.82. The lowest BCUT2D eigenvalue weighted by molar-refractivity contribution is -0.137. The number of hydrogen-bond acceptors (Lipinski definition) is 3. The molecule has 0 spiro atoms. The summed E-state index contributed by atoms with van der Waals surface area (Å²) < 4.78 is 39.2. The van der Waals surface area contributed by atoms with Crippen LogP contribution in [-0.4, -0.2) is 41.9 Å². The van der Waals surface area contributed by atoms with Gasteiger partial charge in [0.2, 0.25) is 5.91 Å². The van der Waals surface area contributed by atoms with Crippen molar-refractivity contribution in [3.63, 3.8) is 0 Å². The van der Waals surface area contributed by atoms with E-state index in [0.29, 0.717) is 13.1 Å². The van der Waals surface area contributed by atoms with Crippen LogP contribution in [0, 0.1) is 0 Å². The van der Waals surface area contributed by atoms with Crippen LogP contribution >= 0.6 is 0 Å². The Balaban J connectivity index is 2.40. The molecule has 132 valence electrons. The molecule has 0 aromatic heterocycles. The van der Waals surface area contributed by atoms with Crippen molar-refractivity contribution in [2.75, 3.05) is 18.4 Å². The Morgan fingerprint density at radius 3 is 2.50 bits per heavy atom. The topological polar surface area (TPSA) is 61.4 Å². The Morgan fingerprint density at radius 1 is 1.25 bits per heavy atom. The third-order valence-corrected chi connectivity index (χ3v) is 4.12. The van der Waals surface area contributed by atoms with Gasteiger partial charge >= 0.3 is 6.18 Å². The summed E-state index contributed by atoms with van der Waals surface area (Å²) in [4.78, 5) is 25.4. The number of hydrogen-bond donors (Lipinski definition) is 2. The zero-order chi connectivity index (χ0) is 18.1. The molecule has 2 N–H and O–H groups in total. The number of alkyl halides is 3. The van der Waals surface area contributed by atoms with E-state index in [9.17, 15) is 22.8 Å². The lowest BCUT2D eigenvalue weighted by Gasteiger charge is -2.38. The van der Waals surface area contributed by atoms with Crippen molar-refractivity contribution in [3.05, 3.63) is 29.3 Å². The number of amides is 2. The van der Waals surface area contributed by atoms with Crippen molar-refractivity contribution in [2.45, 2.75) is 39.0 Å². The van der Waals surface area contributed by atoms with Gasteiger partial charge in [-0.05, 0) is 32.0 Å². The maximum atomic E-state index is 13.1. The van der Waals surface area contributed by atoms with Crippen LogP contribution in [0.3, 0.4) is 0 Å². The average Bonchev–Trinajstić information content (AvgIpc) is 2.47. The maximum absolute atomic E-state index is 13.1. The highest BCUT2D eigenvalue weighted by molar-refractivity contribution is 5.97. The van der Waals surface area contributed by atoms with E-state index in [1.165, 1.54) is 13.0 Å². The van der Waals surface area contributed by atoms with Gasteiger partial charge < -0.3 is 15.5 Å². The van der Waals surface area contributed by atoms with Crippen LogP contribution in [0.4, 0.5) is 18.9 Å². The van der Waals surface area contributed by atoms with Gasteiger partial charge in [0.25, 0.3) is 5.91 Å². The molecule has 1 heterocycles. The molecular formula is C16H20F3N3O2. The normalized spacial score (nSPS) is 21.5. The van der Waals surface area contributed by atoms with Crippen LogP contribution in [0.15, 0.2) is 18.2 Å². The SMILES string of the molecule is CC(=O)Nc1cc(C(=O)N2CCNC(C)C2C)cc(C(F)(F)F)c1. The summed E-state index contributed by atoms with van der Waals surface area (Å²) in [6.07, 6.45) is -4.61. The summed E-state index contributed by atoms with van der Waals surface area (Å²) in [5.41, 5.74) is -1.10. The molecule has 5 nitrogen and oxygen atoms in total. The smallest absolute Gasteiger partial charge is 0.333 e. The minimum atomic E-state index is -4.61. The molecule has 0 saturated carbocycles. The largest absolute Gasteiger partial charge is 0.416 e. The van der Waals surface area contributed by atoms with E-state index in [1.54, 1.807) is 4.90 Å². The predicted octanol–water partition coefficient (Wildman–Crippen LogP) is 2.49. The highest BCUT2D eigenvalue weighted by Gasteiger charge is 2.34. The first-order chi connectivity index (χ1) is 11.1. The summed E-state index contributed by atoms with van der Waals surface area (Å²) in [6.45, 7) is 5.95. The van der Waals surface area contributed by atoms with Crippen LogP contribution in [0.2, 0.25) is 0 Å². The van der Waals surface area contributed by atoms with Gasteiger partial charge in [-0.1, -0.05) is 0 Å². The highest BCUT2D eigenvalue weighted by atomic mass is 19.4. The van der Waals surface area contributed by atoms with Gasteiger partial charge in [0, 0.05) is 43.3 Å². The van der Waals surface area contributed by atoms with E-state index in [2.05, 4.69) is 10.6 Å². The number of benzene rings is 1. The van der Waals surface area contributed by atoms with Crippen LogP contribution < -0.4 is 10.6 Å². The Kier molecular flexibility index (Phi) is 5.17. The standard InChI is InChI=1S/C16H20F3N3O2/c1-9-10(2)22(5-4-20-9)15(24)12-6-13(16(17,18)19)8-14(7-12)21-11(3)23/h6-10,20H,4-5H2,1-3H3,(H,21,23). The van der Waals surface area contributed by atoms with Gasteiger partial charge in [-0.2, -0.15) is 13.2 Å². The predicted molar refractivity (Wildman–Crippen MR) is 83.7 cm³/mol. The molecule has 1 aromatic rings. The van der Waals surface area contributed by atoms with Gasteiger partial charge in [0.15, 0.2) is 0 Å². The minimum Gasteiger partial charge on any atom is -0.333 e. The molecule has 24 heavy (non-hydrogen) atoms. The molecule has 1 fully saturated rings. The van der Waals surface area contributed by atoms with Gasteiger partial charge in [-0.25, -0.2) is 0 Å². The number of carbonyl (C=O) groups is 2. The summed E-state index contributed by atoms with van der Waals surface area (Å²) in [5.74, 6) is -0.981. The first kappa shape index (κ1) is 18.3. The van der Waals surface area contributed by atoms with E-state index in [4.69, 9.17) is 0 Å². The fourth-order valence-electron chi connectivity index (χ4n) is 2.70. The van der Waals surface area contributed by atoms with Gasteiger partial charge in [0.05, 0.1) is 5.56 Å². The third-order valence-electron chi connectivity index (χ3n) is 4.12. The van der Waals surface area contributed by atoms with E-state index in [1.807, 2.05) is 13.8 Å². The van der Waals surface area contributed by atoms with E-state index >= 15 is 0 Å². The number of rotatable bonds is 2. The fraction of sp³-hybridized carbons (Fsp3) is 0.500. The second-order valence-corrected chi connectivity index (χ2v) is 5.96. The highest BCUT2D eigenvalue weighted by Crippen LogP contribution is 2.32. The van der Waals surface area contributed by atoms with Crippen molar-refractivity contribution in [2.24, 2.45) is 0 Å². The Labute approximate surface area is 138 Å². The fourth-order valence-corrected chi connectivity index (χ4v) is 2.70. The number of nitrogens with zero attached hydrogens (tertiary/aromatic N) is 1. The zero-order valence-electron chi connectivity index (χ0n) is 13.7. The monoisotopic (exact) mass is 343 g/mol. The minimum absolute atomic E-state index is 0.0447. The molecule has 0 bridgehead atoms. The Hall–Kier alpha value is -2.09. The third kappa shape index (κ3) is 4.05. The molecule has 0 radical (unpaired) electrons. The molecule has 1 aromatic carbocycles. The molecule has 1 saturated heterocycles. The van der Waals surface area contributed by atoms with Crippen LogP contribution in [0.1, 0.15) is 36.7 Å². The average molecular weight is 343 g/mol. The summed E-state index contributed by atoms with van der Waals surface area (Å²) in [7, 11) is 0. The quantitative estimate of drug-likeness (QED) is 0.867. The molecule has 1 aliphatic rings. The van der Waals surface area contributed by atoms with E-state index in [-0.39, 0.29) is 23.3 Å². The molecular weight excluding hydrogens is 323 g/mol. The van der Waals surface area contributed by atoms with Crippen molar-refractivity contribution in [3.8, 4) is 0 Å². The number of anilines is 1. The lowest BCUT2D eigenvalue weighted by atomic mass is 10.0. The lowest BCUT2D eigenvalue weighted by Crippen LogP contribution is -2.57. The zero-order valence-corrected chi connectivity index (χ0v) is 13.7. The second kappa shape index (κ2) is 6.80. The van der Waals surface area contributed by atoms with Crippen LogP contribution in [-0.2, 0) is 11.0 Å². The summed E-state index contributed by atoms with van der Waals surface area (Å²) >= 11 is 0. The Morgan fingerprint density at radius 2 is 1.92 bits per heavy atom. The number of nitrogens with one attached hydrogen (secondary N) is 2. The number of carbonyl (C=O) groups excluding carboxylic acids is 2. The van der Waals surface area contributed by atoms with E-state index in [0.717, 1.165) is 12.1 Å². The van der Waals surface area contributed by atoms with Gasteiger partial charge in [0.1, 0.15) is 0 Å². The molecule has 2 amide bonds. The van der Waals surface area contributed by atoms with Crippen molar-refractivity contribution in [1.82, 2.24) is 10.2 Å². The number of halogens is 3. The van der Waals surface area contributed by atoms with Gasteiger partial charge in [-0.15, -0.1) is 0 Å².